The third kappa shape index (κ3) is 6.33. The van der Waals surface area contributed by atoms with Crippen LogP contribution in [0.25, 0.3) is 0 Å². The maximum atomic E-state index is 5.49. The number of anilines is 2. The zero-order valence-electron chi connectivity index (χ0n) is 17.9. The third-order valence-corrected chi connectivity index (χ3v) is 5.09. The van der Waals surface area contributed by atoms with Crippen LogP contribution >= 0.6 is 0 Å². The average molecular weight is 417 g/mol. The molecule has 7 nitrogen and oxygen atoms in total. The molecule has 0 amide bonds. The lowest BCUT2D eigenvalue weighted by Crippen LogP contribution is -2.37. The second-order valence-electron chi connectivity index (χ2n) is 7.59. The molecule has 4 rings (SSSR count). The van der Waals surface area contributed by atoms with Crippen molar-refractivity contribution in [2.45, 2.75) is 26.2 Å². The van der Waals surface area contributed by atoms with Crippen LogP contribution in [0.2, 0.25) is 0 Å². The molecular weight excluding hydrogens is 388 g/mol. The van der Waals surface area contributed by atoms with Gasteiger partial charge in [0.2, 0.25) is 0 Å². The van der Waals surface area contributed by atoms with Crippen LogP contribution in [0.3, 0.4) is 0 Å². The van der Waals surface area contributed by atoms with Gasteiger partial charge in [-0.3, -0.25) is 10.4 Å². The van der Waals surface area contributed by atoms with E-state index in [-0.39, 0.29) is 0 Å². The number of nitrogens with zero attached hydrogens (tertiary/aromatic N) is 5. The summed E-state index contributed by atoms with van der Waals surface area (Å²) in [6.07, 6.45) is 6.27. The first-order chi connectivity index (χ1) is 15.3. The molecule has 0 saturated carbocycles. The van der Waals surface area contributed by atoms with Crippen LogP contribution in [-0.2, 0) is 17.6 Å². The van der Waals surface area contributed by atoms with E-state index in [4.69, 9.17) is 14.7 Å². The van der Waals surface area contributed by atoms with Crippen molar-refractivity contribution < 1.29 is 4.74 Å². The highest BCUT2D eigenvalue weighted by atomic mass is 16.5. The fourth-order valence-corrected chi connectivity index (χ4v) is 3.50. The third-order valence-electron chi connectivity index (χ3n) is 5.09. The Morgan fingerprint density at radius 1 is 1.06 bits per heavy atom. The molecule has 1 saturated heterocycles. The predicted octanol–water partition coefficient (Wildman–Crippen LogP) is 3.64. The molecule has 0 bridgehead atoms. The number of hydrazone groups is 1. The number of morpholine rings is 1. The Balaban J connectivity index is 1.46. The van der Waals surface area contributed by atoms with Crippen molar-refractivity contribution in [1.29, 1.82) is 0 Å². The van der Waals surface area contributed by atoms with Gasteiger partial charge in [0.1, 0.15) is 11.6 Å². The Morgan fingerprint density at radius 2 is 1.97 bits per heavy atom. The van der Waals surface area contributed by atoms with Crippen LogP contribution < -0.4 is 10.3 Å². The van der Waals surface area contributed by atoms with Crippen molar-refractivity contribution in [1.82, 2.24) is 15.0 Å². The maximum Gasteiger partial charge on any atom is 0.152 e. The van der Waals surface area contributed by atoms with Gasteiger partial charge in [-0.2, -0.15) is 5.10 Å². The second-order valence-corrected chi connectivity index (χ2v) is 7.59. The van der Waals surface area contributed by atoms with Crippen LogP contribution in [0.4, 0.5) is 11.6 Å². The van der Waals surface area contributed by atoms with E-state index in [0.29, 0.717) is 19.0 Å². The van der Waals surface area contributed by atoms with Gasteiger partial charge in [0.05, 0.1) is 19.4 Å². The van der Waals surface area contributed by atoms with Crippen LogP contribution in [0.1, 0.15) is 29.1 Å². The minimum Gasteiger partial charge on any atom is -0.378 e. The van der Waals surface area contributed by atoms with Gasteiger partial charge >= 0.3 is 0 Å². The number of aryl methyl sites for hydroxylation is 3. The minimum absolute atomic E-state index is 0.702. The first kappa shape index (κ1) is 20.9. The standard InChI is InChI=1S/C24H28N6O/c1-19-6-4-7-20(16-19)18-26-29-23-17-24(30-12-14-31-15-13-30)28-22(27-23)10-5-9-21-8-2-3-11-25-21/h2-4,6-8,11,16-18H,5,9-10,12-15H2,1H3,(H,27,28,29)/b26-18+. The number of pyridine rings is 1. The van der Waals surface area contributed by atoms with Crippen LogP contribution in [0, 0.1) is 6.92 Å². The highest BCUT2D eigenvalue weighted by Gasteiger charge is 2.15. The largest absolute Gasteiger partial charge is 0.378 e. The molecule has 0 atom stereocenters. The Hall–Kier alpha value is -3.32. The van der Waals surface area contributed by atoms with E-state index in [0.717, 1.165) is 55.3 Å². The summed E-state index contributed by atoms with van der Waals surface area (Å²) in [6, 6.07) is 16.2. The van der Waals surface area contributed by atoms with E-state index in [2.05, 4.69) is 45.5 Å². The highest BCUT2D eigenvalue weighted by molar-refractivity contribution is 5.80. The topological polar surface area (TPSA) is 75.5 Å². The van der Waals surface area contributed by atoms with Crippen LogP contribution in [-0.4, -0.2) is 47.5 Å². The zero-order valence-corrected chi connectivity index (χ0v) is 17.9. The van der Waals surface area contributed by atoms with Crippen molar-refractivity contribution in [3.8, 4) is 0 Å². The summed E-state index contributed by atoms with van der Waals surface area (Å²) in [4.78, 5) is 16.1. The van der Waals surface area contributed by atoms with Crippen molar-refractivity contribution in [3.05, 3.63) is 77.4 Å². The van der Waals surface area contributed by atoms with Crippen molar-refractivity contribution in [2.75, 3.05) is 36.6 Å². The number of ether oxygens (including phenoxy) is 1. The van der Waals surface area contributed by atoms with Gasteiger partial charge in [-0.15, -0.1) is 0 Å². The van der Waals surface area contributed by atoms with Gasteiger partial charge in [0.15, 0.2) is 5.82 Å². The lowest BCUT2D eigenvalue weighted by atomic mass is 10.1. The van der Waals surface area contributed by atoms with Crippen LogP contribution in [0.15, 0.2) is 59.8 Å². The molecule has 1 N–H and O–H groups in total. The van der Waals surface area contributed by atoms with E-state index >= 15 is 0 Å². The molecule has 3 heterocycles. The molecule has 2 aromatic heterocycles. The fourth-order valence-electron chi connectivity index (χ4n) is 3.50. The number of nitrogens with one attached hydrogen (secondary N) is 1. The maximum absolute atomic E-state index is 5.49. The molecule has 0 aliphatic carbocycles. The lowest BCUT2D eigenvalue weighted by Gasteiger charge is -2.28. The zero-order chi connectivity index (χ0) is 21.3. The quantitative estimate of drug-likeness (QED) is 0.446. The van der Waals surface area contributed by atoms with Crippen molar-refractivity contribution in [3.63, 3.8) is 0 Å². The number of hydrogen-bond acceptors (Lipinski definition) is 7. The van der Waals surface area contributed by atoms with Crippen LogP contribution in [0.5, 0.6) is 0 Å². The molecule has 1 aliphatic heterocycles. The Labute approximate surface area is 183 Å². The Kier molecular flexibility index (Phi) is 7.18. The lowest BCUT2D eigenvalue weighted by molar-refractivity contribution is 0.122. The summed E-state index contributed by atoms with van der Waals surface area (Å²) in [7, 11) is 0. The molecule has 1 aliphatic rings. The Bertz CT molecular complexity index is 1000. The van der Waals surface area contributed by atoms with Crippen molar-refractivity contribution >= 4 is 17.9 Å². The molecule has 0 radical (unpaired) electrons. The van der Waals surface area contributed by atoms with Gasteiger partial charge < -0.3 is 9.64 Å². The van der Waals surface area contributed by atoms with E-state index in [1.165, 1.54) is 5.56 Å². The number of benzene rings is 1. The molecule has 0 spiro atoms. The summed E-state index contributed by atoms with van der Waals surface area (Å²) in [5.41, 5.74) is 6.43. The van der Waals surface area contributed by atoms with Gasteiger partial charge in [-0.1, -0.05) is 35.9 Å². The molecule has 0 unspecified atom stereocenters. The van der Waals surface area contributed by atoms with Gasteiger partial charge in [-0.25, -0.2) is 9.97 Å². The van der Waals surface area contributed by atoms with E-state index in [1.807, 2.05) is 42.7 Å². The highest BCUT2D eigenvalue weighted by Crippen LogP contribution is 2.18. The normalized spacial score (nSPS) is 14.2. The van der Waals surface area contributed by atoms with Gasteiger partial charge in [-0.05, 0) is 37.5 Å². The molecular formula is C24H28N6O. The molecule has 3 aromatic rings. The minimum atomic E-state index is 0.702. The number of hydrogen-bond donors (Lipinski definition) is 1. The number of aromatic nitrogens is 3. The van der Waals surface area contributed by atoms with Crippen molar-refractivity contribution in [2.24, 2.45) is 5.10 Å². The van der Waals surface area contributed by atoms with E-state index in [9.17, 15) is 0 Å². The molecule has 31 heavy (non-hydrogen) atoms. The fraction of sp³-hybridized carbons (Fsp3) is 0.333. The summed E-state index contributed by atoms with van der Waals surface area (Å²) >= 11 is 0. The second kappa shape index (κ2) is 10.6. The molecule has 160 valence electrons. The van der Waals surface area contributed by atoms with E-state index in [1.54, 1.807) is 0 Å². The summed E-state index contributed by atoms with van der Waals surface area (Å²) in [5.74, 6) is 2.43. The predicted molar refractivity (Wildman–Crippen MR) is 124 cm³/mol. The SMILES string of the molecule is Cc1cccc(/C=N/Nc2cc(N3CCOCC3)nc(CCCc3ccccn3)n2)c1. The summed E-state index contributed by atoms with van der Waals surface area (Å²) in [6.45, 7) is 5.16. The average Bonchev–Trinajstić information content (AvgIpc) is 2.80. The van der Waals surface area contributed by atoms with E-state index < -0.39 is 0 Å². The number of rotatable bonds is 8. The smallest absolute Gasteiger partial charge is 0.152 e. The Morgan fingerprint density at radius 3 is 2.77 bits per heavy atom. The molecule has 1 aromatic carbocycles. The monoisotopic (exact) mass is 416 g/mol. The first-order valence-electron chi connectivity index (χ1n) is 10.7. The molecule has 7 heteroatoms. The van der Waals surface area contributed by atoms with Gasteiger partial charge in [0.25, 0.3) is 0 Å². The van der Waals surface area contributed by atoms with Gasteiger partial charge in [0, 0.05) is 37.5 Å². The first-order valence-corrected chi connectivity index (χ1v) is 10.7. The summed E-state index contributed by atoms with van der Waals surface area (Å²) < 4.78 is 5.49. The summed E-state index contributed by atoms with van der Waals surface area (Å²) in [5, 5.41) is 4.39. The molecule has 1 fully saturated rings.